The molecular weight excluding hydrogens is 479 g/mol. The molecule has 0 aliphatic heterocycles. The summed E-state index contributed by atoms with van der Waals surface area (Å²) in [6.07, 6.45) is 0. The van der Waals surface area contributed by atoms with Crippen molar-refractivity contribution in [3.05, 3.63) is 131 Å². The van der Waals surface area contributed by atoms with Crippen LogP contribution in [0.1, 0.15) is 37.4 Å². The quantitative estimate of drug-likeness (QED) is 0.314. The highest BCUT2D eigenvalue weighted by Crippen LogP contribution is 2.22. The summed E-state index contributed by atoms with van der Waals surface area (Å²) in [5.74, 6) is -0.896. The molecule has 0 aliphatic carbocycles. The van der Waals surface area contributed by atoms with Crippen molar-refractivity contribution in [2.45, 2.75) is 19.6 Å². The number of hydrogen-bond acceptors (Lipinski definition) is 4. The zero-order valence-corrected chi connectivity index (χ0v) is 21.5. The van der Waals surface area contributed by atoms with Gasteiger partial charge in [0.15, 0.2) is 0 Å². The van der Waals surface area contributed by atoms with E-state index < -0.39 is 5.82 Å². The van der Waals surface area contributed by atoms with E-state index in [2.05, 4.69) is 5.32 Å². The lowest BCUT2D eigenvalue weighted by Crippen LogP contribution is -2.30. The van der Waals surface area contributed by atoms with Gasteiger partial charge in [0, 0.05) is 56.2 Å². The topological polar surface area (TPSA) is 78.7 Å². The monoisotopic (exact) mass is 510 g/mol. The molecular formula is C31H31FN4O2. The maximum atomic E-state index is 13.7. The van der Waals surface area contributed by atoms with Crippen molar-refractivity contribution in [2.75, 3.05) is 24.3 Å². The Morgan fingerprint density at radius 3 is 2.13 bits per heavy atom. The van der Waals surface area contributed by atoms with Crippen LogP contribution in [-0.2, 0) is 19.6 Å². The molecule has 0 aromatic heterocycles. The first kappa shape index (κ1) is 26.6. The Bertz CT molecular complexity index is 1400. The second-order valence-electron chi connectivity index (χ2n) is 9.24. The minimum absolute atomic E-state index is 0.131. The summed E-state index contributed by atoms with van der Waals surface area (Å²) >= 11 is 0. The molecule has 0 bridgehead atoms. The highest BCUT2D eigenvalue weighted by atomic mass is 19.1. The molecule has 0 fully saturated rings. The van der Waals surface area contributed by atoms with Crippen molar-refractivity contribution in [1.29, 1.82) is 0 Å². The highest BCUT2D eigenvalue weighted by Gasteiger charge is 2.19. The molecule has 0 spiro atoms. The molecule has 0 radical (unpaired) electrons. The fourth-order valence-electron chi connectivity index (χ4n) is 4.14. The summed E-state index contributed by atoms with van der Waals surface area (Å²) in [6.45, 7) is 1.04. The SMILES string of the molecule is CN(C)c1ccc(C(=O)N(Cc2cccc(CN)c2)Cc2ccccc2NC(=O)c2ccc(F)cc2)cc1. The molecule has 4 rings (SSSR count). The van der Waals surface area contributed by atoms with Crippen molar-refractivity contribution in [2.24, 2.45) is 5.73 Å². The van der Waals surface area contributed by atoms with E-state index in [0.717, 1.165) is 22.4 Å². The van der Waals surface area contributed by atoms with Crippen LogP contribution < -0.4 is 16.0 Å². The lowest BCUT2D eigenvalue weighted by molar-refractivity contribution is 0.0730. The van der Waals surface area contributed by atoms with E-state index in [1.54, 1.807) is 11.0 Å². The first-order valence-corrected chi connectivity index (χ1v) is 12.3. The van der Waals surface area contributed by atoms with Gasteiger partial charge in [-0.3, -0.25) is 9.59 Å². The molecule has 0 unspecified atom stereocenters. The third-order valence-corrected chi connectivity index (χ3v) is 6.25. The van der Waals surface area contributed by atoms with Crippen molar-refractivity contribution in [1.82, 2.24) is 4.90 Å². The van der Waals surface area contributed by atoms with Crippen LogP contribution in [0.25, 0.3) is 0 Å². The van der Waals surface area contributed by atoms with Gasteiger partial charge in [0.1, 0.15) is 5.82 Å². The normalized spacial score (nSPS) is 10.6. The van der Waals surface area contributed by atoms with Gasteiger partial charge in [-0.05, 0) is 71.3 Å². The summed E-state index contributed by atoms with van der Waals surface area (Å²) in [7, 11) is 3.90. The third kappa shape index (κ3) is 6.63. The van der Waals surface area contributed by atoms with Crippen molar-refractivity contribution in [3.8, 4) is 0 Å². The summed E-state index contributed by atoms with van der Waals surface area (Å²) in [4.78, 5) is 30.3. The fraction of sp³-hybridized carbons (Fsp3) is 0.161. The zero-order chi connectivity index (χ0) is 27.1. The number of amides is 2. The number of nitrogens with zero attached hydrogens (tertiary/aromatic N) is 2. The Morgan fingerprint density at radius 2 is 1.45 bits per heavy atom. The molecule has 0 saturated carbocycles. The Labute approximate surface area is 222 Å². The number of benzene rings is 4. The van der Waals surface area contributed by atoms with Crippen LogP contribution >= 0.6 is 0 Å². The number of hydrogen-bond donors (Lipinski definition) is 2. The van der Waals surface area contributed by atoms with Crippen LogP contribution in [0.5, 0.6) is 0 Å². The van der Waals surface area contributed by atoms with E-state index in [1.807, 2.05) is 85.7 Å². The van der Waals surface area contributed by atoms with E-state index in [4.69, 9.17) is 5.73 Å². The Balaban J connectivity index is 1.63. The average molecular weight is 511 g/mol. The van der Waals surface area contributed by atoms with Crippen LogP contribution in [0, 0.1) is 5.82 Å². The number of para-hydroxylation sites is 1. The smallest absolute Gasteiger partial charge is 0.255 e. The molecule has 4 aromatic carbocycles. The fourth-order valence-corrected chi connectivity index (χ4v) is 4.14. The van der Waals surface area contributed by atoms with Crippen molar-refractivity contribution >= 4 is 23.2 Å². The molecule has 6 nitrogen and oxygen atoms in total. The Hall–Kier alpha value is -4.49. The Kier molecular flexibility index (Phi) is 8.51. The van der Waals surface area contributed by atoms with Gasteiger partial charge in [-0.1, -0.05) is 42.5 Å². The van der Waals surface area contributed by atoms with E-state index in [1.165, 1.54) is 24.3 Å². The maximum Gasteiger partial charge on any atom is 0.255 e. The number of carbonyl (C=O) groups excluding carboxylic acids is 2. The van der Waals surface area contributed by atoms with Gasteiger partial charge in [-0.2, -0.15) is 0 Å². The second-order valence-corrected chi connectivity index (χ2v) is 9.24. The van der Waals surface area contributed by atoms with Crippen LogP contribution in [0.2, 0.25) is 0 Å². The number of nitrogens with one attached hydrogen (secondary N) is 1. The highest BCUT2D eigenvalue weighted by molar-refractivity contribution is 6.04. The summed E-state index contributed by atoms with van der Waals surface area (Å²) in [5.41, 5.74) is 11.0. The van der Waals surface area contributed by atoms with E-state index in [0.29, 0.717) is 29.9 Å². The average Bonchev–Trinajstić information content (AvgIpc) is 2.93. The molecule has 0 atom stereocenters. The predicted molar refractivity (Wildman–Crippen MR) is 149 cm³/mol. The standard InChI is InChI=1S/C31H31FN4O2/c1-35(2)28-16-12-25(13-17-28)31(38)36(20-23-7-5-6-22(18-23)19-33)21-26-8-3-4-9-29(26)34-30(37)24-10-14-27(32)15-11-24/h3-18H,19-21,33H2,1-2H3,(H,34,37). The van der Waals surface area contributed by atoms with E-state index in [9.17, 15) is 14.0 Å². The molecule has 7 heteroatoms. The number of halogens is 1. The minimum Gasteiger partial charge on any atom is -0.378 e. The number of nitrogens with two attached hydrogens (primary N) is 1. The third-order valence-electron chi connectivity index (χ3n) is 6.25. The van der Waals surface area contributed by atoms with E-state index >= 15 is 0 Å². The number of carbonyl (C=O) groups is 2. The lowest BCUT2D eigenvalue weighted by Gasteiger charge is -2.25. The Morgan fingerprint density at radius 1 is 0.789 bits per heavy atom. The summed E-state index contributed by atoms with van der Waals surface area (Å²) < 4.78 is 13.3. The molecule has 38 heavy (non-hydrogen) atoms. The largest absolute Gasteiger partial charge is 0.378 e. The molecule has 4 aromatic rings. The van der Waals surface area contributed by atoms with Crippen LogP contribution in [0.4, 0.5) is 15.8 Å². The van der Waals surface area contributed by atoms with Gasteiger partial charge in [0.2, 0.25) is 0 Å². The second kappa shape index (κ2) is 12.2. The predicted octanol–water partition coefficient (Wildman–Crippen LogP) is 5.45. The minimum atomic E-state index is -0.409. The zero-order valence-electron chi connectivity index (χ0n) is 21.5. The summed E-state index contributed by atoms with van der Waals surface area (Å²) in [6, 6.07) is 28.1. The number of anilines is 2. The molecule has 0 heterocycles. The molecule has 2 amide bonds. The van der Waals surface area contributed by atoms with Gasteiger partial charge >= 0.3 is 0 Å². The van der Waals surface area contributed by atoms with Gasteiger partial charge in [0.25, 0.3) is 11.8 Å². The summed E-state index contributed by atoms with van der Waals surface area (Å²) in [5, 5.41) is 2.91. The van der Waals surface area contributed by atoms with Gasteiger partial charge < -0.3 is 20.9 Å². The molecule has 0 saturated heterocycles. The van der Waals surface area contributed by atoms with Gasteiger partial charge in [-0.25, -0.2) is 4.39 Å². The number of rotatable bonds is 9. The first-order chi connectivity index (χ1) is 18.3. The van der Waals surface area contributed by atoms with Gasteiger partial charge in [0.05, 0.1) is 0 Å². The first-order valence-electron chi connectivity index (χ1n) is 12.3. The molecule has 3 N–H and O–H groups in total. The van der Waals surface area contributed by atoms with Gasteiger partial charge in [-0.15, -0.1) is 0 Å². The lowest BCUT2D eigenvalue weighted by atomic mass is 10.1. The van der Waals surface area contributed by atoms with Crippen LogP contribution in [-0.4, -0.2) is 30.8 Å². The van der Waals surface area contributed by atoms with Crippen LogP contribution in [0.15, 0.2) is 97.1 Å². The molecule has 194 valence electrons. The van der Waals surface area contributed by atoms with Crippen LogP contribution in [0.3, 0.4) is 0 Å². The van der Waals surface area contributed by atoms with E-state index in [-0.39, 0.29) is 18.4 Å². The van der Waals surface area contributed by atoms with Crippen molar-refractivity contribution < 1.29 is 14.0 Å². The molecule has 0 aliphatic rings. The maximum absolute atomic E-state index is 13.7. The van der Waals surface area contributed by atoms with Crippen molar-refractivity contribution in [3.63, 3.8) is 0 Å².